The Hall–Kier alpha value is -3.92. The number of nitrogens with zero attached hydrogens (tertiary/aromatic N) is 4. The molecule has 1 fully saturated rings. The lowest BCUT2D eigenvalue weighted by Crippen LogP contribution is -2.55. The number of amides is 2. The van der Waals surface area contributed by atoms with Crippen molar-refractivity contribution in [2.45, 2.75) is 25.8 Å². The lowest BCUT2D eigenvalue weighted by atomic mass is 9.98. The number of morpholine rings is 1. The molecule has 2 amide bonds. The largest absolute Gasteiger partial charge is 0.496 e. The maximum atomic E-state index is 14.1. The van der Waals surface area contributed by atoms with E-state index in [9.17, 15) is 9.59 Å². The van der Waals surface area contributed by atoms with Gasteiger partial charge in [-0.25, -0.2) is 4.68 Å². The maximum absolute atomic E-state index is 14.1. The van der Waals surface area contributed by atoms with Crippen molar-refractivity contribution in [1.29, 1.82) is 0 Å². The zero-order valence-corrected chi connectivity index (χ0v) is 24.2. The van der Waals surface area contributed by atoms with E-state index < -0.39 is 11.4 Å². The fourth-order valence-electron chi connectivity index (χ4n) is 5.57. The number of hydrogen-bond acceptors (Lipinski definition) is 6. The molecule has 3 heterocycles. The standard InChI is InChI=1S/C30H27Cl2N5O4/c1-30(2)15-41-5-4-36(30)29(39)26-24-7-16-8-25(40-3)22(17-6-18(28(33)38)14-34-13-17)12-23(16)27(24)37(35-26)21-10-19(31)9-20(32)11-21/h6,8-14H,4-5,7,15H2,1-3H3,(H2,33,38). The zero-order valence-electron chi connectivity index (χ0n) is 22.7. The fourth-order valence-corrected chi connectivity index (χ4v) is 6.09. The molecule has 210 valence electrons. The number of aromatic nitrogens is 3. The van der Waals surface area contributed by atoms with Crippen molar-refractivity contribution in [1.82, 2.24) is 19.7 Å². The van der Waals surface area contributed by atoms with Gasteiger partial charge in [0.05, 0.1) is 42.8 Å². The van der Waals surface area contributed by atoms with Crippen molar-refractivity contribution < 1.29 is 19.1 Å². The first-order chi connectivity index (χ1) is 19.6. The third-order valence-electron chi connectivity index (χ3n) is 7.55. The van der Waals surface area contributed by atoms with E-state index in [-0.39, 0.29) is 11.5 Å². The first-order valence-corrected chi connectivity index (χ1v) is 13.8. The summed E-state index contributed by atoms with van der Waals surface area (Å²) in [6, 6.07) is 10.8. The molecule has 2 N–H and O–H groups in total. The molecule has 6 rings (SSSR count). The lowest BCUT2D eigenvalue weighted by molar-refractivity contribution is -0.0373. The van der Waals surface area contributed by atoms with Crippen LogP contribution in [0.15, 0.2) is 48.8 Å². The summed E-state index contributed by atoms with van der Waals surface area (Å²) < 4.78 is 13.1. The second-order valence-corrected chi connectivity index (χ2v) is 11.6. The highest BCUT2D eigenvalue weighted by Gasteiger charge is 2.39. The first kappa shape index (κ1) is 27.3. The fraction of sp³-hybridized carbons (Fsp3) is 0.267. The van der Waals surface area contributed by atoms with Gasteiger partial charge in [0.25, 0.3) is 5.91 Å². The number of ether oxygens (including phenoxy) is 2. The van der Waals surface area contributed by atoms with E-state index in [4.69, 9.17) is 43.5 Å². The molecular weight excluding hydrogens is 565 g/mol. The molecule has 11 heteroatoms. The summed E-state index contributed by atoms with van der Waals surface area (Å²) in [7, 11) is 1.59. The Morgan fingerprint density at radius 3 is 2.49 bits per heavy atom. The van der Waals surface area contributed by atoms with Crippen LogP contribution in [0.4, 0.5) is 0 Å². The number of fused-ring (bicyclic) bond motifs is 3. The van der Waals surface area contributed by atoms with Crippen LogP contribution < -0.4 is 10.5 Å². The minimum absolute atomic E-state index is 0.167. The van der Waals surface area contributed by atoms with E-state index in [1.807, 2.05) is 30.9 Å². The Labute approximate surface area is 246 Å². The molecular formula is C30H27Cl2N5O4. The van der Waals surface area contributed by atoms with Gasteiger partial charge in [0.1, 0.15) is 5.75 Å². The maximum Gasteiger partial charge on any atom is 0.275 e. The number of halogens is 2. The van der Waals surface area contributed by atoms with Gasteiger partial charge in [-0.05, 0) is 55.8 Å². The summed E-state index contributed by atoms with van der Waals surface area (Å²) in [5, 5.41) is 5.76. The Morgan fingerprint density at radius 2 is 1.80 bits per heavy atom. The molecule has 0 saturated carbocycles. The van der Waals surface area contributed by atoms with Gasteiger partial charge in [-0.15, -0.1) is 0 Å². The van der Waals surface area contributed by atoms with Crippen molar-refractivity contribution in [2.24, 2.45) is 5.73 Å². The average Bonchev–Trinajstić information content (AvgIpc) is 3.48. The van der Waals surface area contributed by atoms with Gasteiger partial charge in [0.15, 0.2) is 5.69 Å². The van der Waals surface area contributed by atoms with Gasteiger partial charge in [-0.3, -0.25) is 14.6 Å². The molecule has 2 aromatic heterocycles. The minimum Gasteiger partial charge on any atom is -0.496 e. The molecule has 0 atom stereocenters. The van der Waals surface area contributed by atoms with Crippen LogP contribution >= 0.6 is 23.2 Å². The number of nitrogens with two attached hydrogens (primary N) is 1. The van der Waals surface area contributed by atoms with E-state index in [0.29, 0.717) is 64.5 Å². The summed E-state index contributed by atoms with van der Waals surface area (Å²) >= 11 is 12.8. The smallest absolute Gasteiger partial charge is 0.275 e. The van der Waals surface area contributed by atoms with Crippen LogP contribution in [0.25, 0.3) is 28.1 Å². The number of primary amides is 1. The highest BCUT2D eigenvalue weighted by atomic mass is 35.5. The Kier molecular flexibility index (Phi) is 6.76. The Morgan fingerprint density at radius 1 is 1.05 bits per heavy atom. The molecule has 41 heavy (non-hydrogen) atoms. The van der Waals surface area contributed by atoms with Crippen LogP contribution in [0.1, 0.15) is 45.8 Å². The van der Waals surface area contributed by atoms with E-state index in [0.717, 1.165) is 22.4 Å². The Bertz CT molecular complexity index is 1710. The molecule has 0 bridgehead atoms. The number of methoxy groups -OCH3 is 1. The number of benzene rings is 2. The minimum atomic E-state index is -0.577. The monoisotopic (exact) mass is 591 g/mol. The summed E-state index contributed by atoms with van der Waals surface area (Å²) in [6.45, 7) is 5.33. The second kappa shape index (κ2) is 10.2. The van der Waals surface area contributed by atoms with Gasteiger partial charge in [0.2, 0.25) is 5.91 Å². The third-order valence-corrected chi connectivity index (χ3v) is 7.99. The van der Waals surface area contributed by atoms with Gasteiger partial charge in [-0.1, -0.05) is 23.2 Å². The highest BCUT2D eigenvalue weighted by Crippen LogP contribution is 2.46. The summed E-state index contributed by atoms with van der Waals surface area (Å²) in [5.41, 5.74) is 11.1. The van der Waals surface area contributed by atoms with Crippen LogP contribution in [0.2, 0.25) is 10.0 Å². The van der Waals surface area contributed by atoms with Gasteiger partial charge in [0, 0.05) is 57.7 Å². The lowest BCUT2D eigenvalue weighted by Gasteiger charge is -2.41. The number of hydrogen-bond donors (Lipinski definition) is 1. The second-order valence-electron chi connectivity index (χ2n) is 10.7. The van der Waals surface area contributed by atoms with Crippen molar-refractivity contribution in [3.05, 3.63) is 81.2 Å². The zero-order chi connectivity index (χ0) is 29.1. The quantitative estimate of drug-likeness (QED) is 0.301. The molecule has 2 aliphatic rings. The first-order valence-electron chi connectivity index (χ1n) is 13.0. The molecule has 1 aliphatic heterocycles. The predicted molar refractivity (Wildman–Crippen MR) is 156 cm³/mol. The molecule has 2 aromatic carbocycles. The Balaban J connectivity index is 1.57. The van der Waals surface area contributed by atoms with Crippen molar-refractivity contribution in [3.63, 3.8) is 0 Å². The van der Waals surface area contributed by atoms with Crippen LogP contribution in [0.5, 0.6) is 5.75 Å². The summed E-state index contributed by atoms with van der Waals surface area (Å²) in [4.78, 5) is 32.0. The molecule has 9 nitrogen and oxygen atoms in total. The number of carbonyl (C=O) groups is 2. The van der Waals surface area contributed by atoms with Crippen LogP contribution in [0.3, 0.4) is 0 Å². The molecule has 4 aromatic rings. The summed E-state index contributed by atoms with van der Waals surface area (Å²) in [5.74, 6) is -0.142. The van der Waals surface area contributed by atoms with Crippen molar-refractivity contribution in [3.8, 4) is 33.8 Å². The van der Waals surface area contributed by atoms with Gasteiger partial charge in [-0.2, -0.15) is 5.10 Å². The molecule has 0 unspecified atom stereocenters. The van der Waals surface area contributed by atoms with Crippen LogP contribution in [-0.2, 0) is 11.2 Å². The van der Waals surface area contributed by atoms with E-state index in [1.54, 1.807) is 42.3 Å². The van der Waals surface area contributed by atoms with Gasteiger partial charge < -0.3 is 20.1 Å². The van der Waals surface area contributed by atoms with Crippen LogP contribution in [-0.4, -0.2) is 63.9 Å². The normalized spacial score (nSPS) is 15.4. The van der Waals surface area contributed by atoms with Gasteiger partial charge >= 0.3 is 0 Å². The molecule has 0 spiro atoms. The topological polar surface area (TPSA) is 113 Å². The van der Waals surface area contributed by atoms with Crippen LogP contribution in [0, 0.1) is 0 Å². The molecule has 1 saturated heterocycles. The average molecular weight is 592 g/mol. The number of carbonyl (C=O) groups excluding carboxylic acids is 2. The predicted octanol–water partition coefficient (Wildman–Crippen LogP) is 5.17. The third kappa shape index (κ3) is 4.73. The summed E-state index contributed by atoms with van der Waals surface area (Å²) in [6.07, 6.45) is 3.55. The molecule has 1 aliphatic carbocycles. The van der Waals surface area contributed by atoms with E-state index >= 15 is 0 Å². The number of pyridine rings is 1. The van der Waals surface area contributed by atoms with Crippen molar-refractivity contribution in [2.75, 3.05) is 26.9 Å². The highest BCUT2D eigenvalue weighted by molar-refractivity contribution is 6.34. The molecule has 0 radical (unpaired) electrons. The van der Waals surface area contributed by atoms with E-state index in [2.05, 4.69) is 4.98 Å². The van der Waals surface area contributed by atoms with E-state index in [1.165, 1.54) is 6.20 Å². The van der Waals surface area contributed by atoms with Crippen molar-refractivity contribution >= 4 is 35.0 Å². The number of rotatable bonds is 5. The SMILES string of the molecule is COc1cc2c(cc1-c1cncc(C(N)=O)c1)-c1c(c(C(=O)N3CCOCC3(C)C)nn1-c1cc(Cl)cc(Cl)c1)C2.